The van der Waals surface area contributed by atoms with E-state index < -0.39 is 9.84 Å². The Labute approximate surface area is 126 Å². The molecule has 3 nitrogen and oxygen atoms in total. The highest BCUT2D eigenvalue weighted by Crippen LogP contribution is 2.33. The SMILES string of the molecule is CNC(CCCS(C)(=O)=O)c1cc2c(s1)CCCCC2. The molecule has 5 heteroatoms. The summed E-state index contributed by atoms with van der Waals surface area (Å²) in [5.74, 6) is 0.288. The van der Waals surface area contributed by atoms with E-state index in [1.807, 2.05) is 18.4 Å². The van der Waals surface area contributed by atoms with E-state index in [1.54, 1.807) is 4.88 Å². The maximum absolute atomic E-state index is 11.2. The Bertz CT molecular complexity index is 511. The van der Waals surface area contributed by atoms with Gasteiger partial charge in [0.2, 0.25) is 0 Å². The molecule has 1 aliphatic carbocycles. The maximum Gasteiger partial charge on any atom is 0.147 e. The Balaban J connectivity index is 2.00. The van der Waals surface area contributed by atoms with E-state index in [9.17, 15) is 8.42 Å². The summed E-state index contributed by atoms with van der Waals surface area (Å²) in [5, 5.41) is 3.34. The van der Waals surface area contributed by atoms with Gasteiger partial charge in [0.05, 0.1) is 0 Å². The van der Waals surface area contributed by atoms with Crippen molar-refractivity contribution in [2.75, 3.05) is 19.1 Å². The molecule has 0 fully saturated rings. The molecule has 1 heterocycles. The zero-order valence-corrected chi connectivity index (χ0v) is 14.1. The Hall–Kier alpha value is -0.390. The Morgan fingerprint density at radius 2 is 2.05 bits per heavy atom. The van der Waals surface area contributed by atoms with Crippen molar-refractivity contribution in [2.45, 2.75) is 51.0 Å². The first-order valence-corrected chi connectivity index (χ1v) is 10.3. The Morgan fingerprint density at radius 3 is 2.75 bits per heavy atom. The predicted molar refractivity (Wildman–Crippen MR) is 86.3 cm³/mol. The van der Waals surface area contributed by atoms with Gasteiger partial charge in [-0.25, -0.2) is 8.42 Å². The lowest BCUT2D eigenvalue weighted by atomic mass is 10.1. The van der Waals surface area contributed by atoms with Gasteiger partial charge in [-0.05, 0) is 57.2 Å². The first-order chi connectivity index (χ1) is 9.49. The molecule has 20 heavy (non-hydrogen) atoms. The Kier molecular flexibility index (Phi) is 5.64. The molecular weight excluding hydrogens is 290 g/mol. The van der Waals surface area contributed by atoms with Crippen LogP contribution in [0.25, 0.3) is 0 Å². The highest BCUT2D eigenvalue weighted by atomic mass is 32.2. The number of rotatable bonds is 6. The van der Waals surface area contributed by atoms with Gasteiger partial charge in [-0.2, -0.15) is 0 Å². The van der Waals surface area contributed by atoms with Crippen molar-refractivity contribution in [2.24, 2.45) is 0 Å². The van der Waals surface area contributed by atoms with Gasteiger partial charge in [-0.3, -0.25) is 0 Å². The molecule has 1 aromatic heterocycles. The van der Waals surface area contributed by atoms with E-state index in [0.717, 1.165) is 12.8 Å². The lowest BCUT2D eigenvalue weighted by Gasteiger charge is -2.14. The number of aryl methyl sites for hydroxylation is 2. The van der Waals surface area contributed by atoms with Gasteiger partial charge in [0, 0.05) is 27.8 Å². The molecule has 114 valence electrons. The fourth-order valence-electron chi connectivity index (χ4n) is 2.84. The van der Waals surface area contributed by atoms with Crippen LogP contribution in [0.1, 0.15) is 53.5 Å². The first-order valence-electron chi connectivity index (χ1n) is 7.46. The van der Waals surface area contributed by atoms with E-state index in [-0.39, 0.29) is 5.75 Å². The van der Waals surface area contributed by atoms with Crippen LogP contribution in [0.2, 0.25) is 0 Å². The van der Waals surface area contributed by atoms with Crippen LogP contribution >= 0.6 is 11.3 Å². The van der Waals surface area contributed by atoms with Gasteiger partial charge in [-0.1, -0.05) is 6.42 Å². The number of fused-ring (bicyclic) bond motifs is 1. The molecule has 0 saturated heterocycles. The van der Waals surface area contributed by atoms with E-state index in [1.165, 1.54) is 48.8 Å². The molecule has 0 aromatic carbocycles. The monoisotopic (exact) mass is 315 g/mol. The third kappa shape index (κ3) is 4.57. The maximum atomic E-state index is 11.2. The average molecular weight is 316 g/mol. The fraction of sp³-hybridized carbons (Fsp3) is 0.733. The quantitative estimate of drug-likeness (QED) is 0.821. The second-order valence-electron chi connectivity index (χ2n) is 5.77. The number of thiophene rings is 1. The summed E-state index contributed by atoms with van der Waals surface area (Å²) in [5.41, 5.74) is 1.53. The zero-order chi connectivity index (χ0) is 14.6. The van der Waals surface area contributed by atoms with Gasteiger partial charge in [-0.15, -0.1) is 11.3 Å². The van der Waals surface area contributed by atoms with E-state index in [0.29, 0.717) is 6.04 Å². The molecule has 0 spiro atoms. The van der Waals surface area contributed by atoms with Crippen LogP contribution in [0, 0.1) is 0 Å². The van der Waals surface area contributed by atoms with Crippen LogP contribution < -0.4 is 5.32 Å². The van der Waals surface area contributed by atoms with Gasteiger partial charge in [0.25, 0.3) is 0 Å². The summed E-state index contributed by atoms with van der Waals surface area (Å²) in [6, 6.07) is 2.65. The highest BCUT2D eigenvalue weighted by Gasteiger charge is 2.17. The third-order valence-electron chi connectivity index (χ3n) is 3.97. The van der Waals surface area contributed by atoms with Crippen molar-refractivity contribution >= 4 is 21.2 Å². The van der Waals surface area contributed by atoms with Crippen molar-refractivity contribution in [1.82, 2.24) is 5.32 Å². The predicted octanol–water partition coefficient (Wildman–Crippen LogP) is 3.10. The number of nitrogens with one attached hydrogen (secondary N) is 1. The molecule has 1 aromatic rings. The molecule has 0 radical (unpaired) electrons. The van der Waals surface area contributed by atoms with Gasteiger partial charge in [0.15, 0.2) is 0 Å². The standard InChI is InChI=1S/C15H25NO2S2/c1-16-13(8-6-10-20(2,17)18)15-11-12-7-4-3-5-9-14(12)19-15/h11,13,16H,3-10H2,1-2H3. The lowest BCUT2D eigenvalue weighted by molar-refractivity contribution is 0.543. The number of hydrogen-bond acceptors (Lipinski definition) is 4. The summed E-state index contributed by atoms with van der Waals surface area (Å²) in [7, 11) is -0.873. The average Bonchev–Trinajstić information content (AvgIpc) is 2.64. The summed E-state index contributed by atoms with van der Waals surface area (Å²) < 4.78 is 22.4. The normalized spacial score (nSPS) is 17.5. The molecule has 0 aliphatic heterocycles. The minimum absolute atomic E-state index is 0.288. The van der Waals surface area contributed by atoms with Crippen molar-refractivity contribution in [3.05, 3.63) is 21.4 Å². The number of hydrogen-bond donors (Lipinski definition) is 1. The highest BCUT2D eigenvalue weighted by molar-refractivity contribution is 7.90. The molecule has 0 amide bonds. The van der Waals surface area contributed by atoms with E-state index >= 15 is 0 Å². The van der Waals surface area contributed by atoms with Crippen LogP contribution in [-0.2, 0) is 22.7 Å². The third-order valence-corrected chi connectivity index (χ3v) is 6.35. The van der Waals surface area contributed by atoms with Crippen LogP contribution in [0.4, 0.5) is 0 Å². The van der Waals surface area contributed by atoms with E-state index in [2.05, 4.69) is 11.4 Å². The molecule has 1 unspecified atom stereocenters. The molecule has 1 aliphatic rings. The van der Waals surface area contributed by atoms with Gasteiger partial charge < -0.3 is 5.32 Å². The van der Waals surface area contributed by atoms with Crippen molar-refractivity contribution < 1.29 is 8.42 Å². The summed E-state index contributed by atoms with van der Waals surface area (Å²) in [6.45, 7) is 0. The lowest BCUT2D eigenvalue weighted by Crippen LogP contribution is -2.16. The number of sulfone groups is 1. The smallest absolute Gasteiger partial charge is 0.147 e. The first kappa shape index (κ1) is 16.0. The van der Waals surface area contributed by atoms with Crippen LogP contribution in [0.5, 0.6) is 0 Å². The second-order valence-corrected chi connectivity index (χ2v) is 9.20. The molecule has 0 bridgehead atoms. The van der Waals surface area contributed by atoms with Crippen LogP contribution in [-0.4, -0.2) is 27.5 Å². The fourth-order valence-corrected chi connectivity index (χ4v) is 4.93. The molecular formula is C15H25NO2S2. The van der Waals surface area contributed by atoms with Gasteiger partial charge >= 0.3 is 0 Å². The van der Waals surface area contributed by atoms with Crippen molar-refractivity contribution in [3.8, 4) is 0 Å². The summed E-state index contributed by atoms with van der Waals surface area (Å²) in [6.07, 6.45) is 9.34. The molecule has 2 rings (SSSR count). The molecule has 1 atom stereocenters. The summed E-state index contributed by atoms with van der Waals surface area (Å²) in [4.78, 5) is 2.94. The topological polar surface area (TPSA) is 46.2 Å². The molecule has 0 saturated carbocycles. The summed E-state index contributed by atoms with van der Waals surface area (Å²) >= 11 is 1.93. The second kappa shape index (κ2) is 7.05. The minimum Gasteiger partial charge on any atom is -0.312 e. The zero-order valence-electron chi connectivity index (χ0n) is 12.4. The molecule has 1 N–H and O–H groups in total. The van der Waals surface area contributed by atoms with Crippen LogP contribution in [0.3, 0.4) is 0 Å². The van der Waals surface area contributed by atoms with E-state index in [4.69, 9.17) is 0 Å². The largest absolute Gasteiger partial charge is 0.312 e. The van der Waals surface area contributed by atoms with Crippen molar-refractivity contribution in [3.63, 3.8) is 0 Å². The van der Waals surface area contributed by atoms with Gasteiger partial charge in [0.1, 0.15) is 9.84 Å². The Morgan fingerprint density at radius 1 is 1.30 bits per heavy atom. The van der Waals surface area contributed by atoms with Crippen LogP contribution in [0.15, 0.2) is 6.07 Å². The minimum atomic E-state index is -2.84. The van der Waals surface area contributed by atoms with Crippen molar-refractivity contribution in [1.29, 1.82) is 0 Å².